The number of hydrogen-bond donors (Lipinski definition) is 4. The van der Waals surface area contributed by atoms with Gasteiger partial charge in [0.05, 0.1) is 23.1 Å². The number of H-pyrrole nitrogens is 1. The molecule has 2 amide bonds. The van der Waals surface area contributed by atoms with Gasteiger partial charge in [-0.15, -0.1) is 11.3 Å². The van der Waals surface area contributed by atoms with Gasteiger partial charge in [0, 0.05) is 17.5 Å². The Morgan fingerprint density at radius 3 is 2.74 bits per heavy atom. The van der Waals surface area contributed by atoms with E-state index in [1.165, 1.54) is 11.3 Å². The minimum atomic E-state index is -0.487. The molecular weight excluding hydrogens is 362 g/mol. The molecule has 0 radical (unpaired) electrons. The summed E-state index contributed by atoms with van der Waals surface area (Å²) >= 11 is 1.22. The van der Waals surface area contributed by atoms with Crippen molar-refractivity contribution >= 4 is 39.8 Å². The Bertz CT molecular complexity index is 1010. The zero-order valence-electron chi connectivity index (χ0n) is 14.2. The second-order valence-electron chi connectivity index (χ2n) is 6.11. The van der Waals surface area contributed by atoms with Crippen molar-refractivity contribution in [1.29, 1.82) is 0 Å². The van der Waals surface area contributed by atoms with Gasteiger partial charge in [0.25, 0.3) is 11.8 Å². The Morgan fingerprint density at radius 1 is 1.22 bits per heavy atom. The Hall–Kier alpha value is -3.16. The molecule has 2 aromatic heterocycles. The van der Waals surface area contributed by atoms with E-state index in [1.807, 2.05) is 42.5 Å². The zero-order valence-corrected chi connectivity index (χ0v) is 15.0. The predicted octanol–water partition coefficient (Wildman–Crippen LogP) is 3.03. The van der Waals surface area contributed by atoms with Crippen LogP contribution in [0.3, 0.4) is 0 Å². The number of anilines is 1. The highest BCUT2D eigenvalue weighted by molar-refractivity contribution is 7.18. The lowest BCUT2D eigenvalue weighted by Gasteiger charge is -2.16. The van der Waals surface area contributed by atoms with Crippen LogP contribution in [0, 0.1) is 0 Å². The molecule has 3 heterocycles. The fraction of sp³-hybridized carbons (Fsp3) is 0.100. The lowest BCUT2D eigenvalue weighted by molar-refractivity contribution is -0.110. The predicted molar refractivity (Wildman–Crippen MR) is 105 cm³/mol. The maximum atomic E-state index is 12.6. The van der Waals surface area contributed by atoms with E-state index >= 15 is 0 Å². The molecular formula is C20H17N3O3S. The number of fused-ring (bicyclic) bond motifs is 1. The first-order valence-electron chi connectivity index (χ1n) is 8.43. The molecule has 1 aromatic carbocycles. The smallest absolute Gasteiger partial charge is 0.262 e. The first-order valence-corrected chi connectivity index (χ1v) is 9.24. The minimum absolute atomic E-state index is 0.185. The highest BCUT2D eigenvalue weighted by Crippen LogP contribution is 2.39. The van der Waals surface area contributed by atoms with Crippen LogP contribution in [0.2, 0.25) is 0 Å². The van der Waals surface area contributed by atoms with E-state index in [4.69, 9.17) is 0 Å². The monoisotopic (exact) mass is 379 g/mol. The summed E-state index contributed by atoms with van der Waals surface area (Å²) in [6.45, 7) is -0.199. The van der Waals surface area contributed by atoms with E-state index in [-0.39, 0.29) is 18.4 Å². The van der Waals surface area contributed by atoms with Crippen molar-refractivity contribution in [2.24, 2.45) is 0 Å². The molecule has 27 heavy (non-hydrogen) atoms. The molecule has 136 valence electrons. The molecule has 0 fully saturated rings. The van der Waals surface area contributed by atoms with E-state index in [1.54, 1.807) is 18.3 Å². The lowest BCUT2D eigenvalue weighted by Crippen LogP contribution is -2.30. The van der Waals surface area contributed by atoms with Crippen molar-refractivity contribution < 1.29 is 14.7 Å². The van der Waals surface area contributed by atoms with Crippen molar-refractivity contribution in [2.45, 2.75) is 6.04 Å². The standard InChI is InChI=1S/C20H17N3O3S/c24-11-16(12-5-2-1-3-6-12)22-19(26)17-10-15-14(9-13-7-4-8-21-13)18(25)23-20(15)27-17/h1-10,16,21,24H,11H2,(H,22,26)(H,23,25)/b14-9+/t16-/m0/s1. The third kappa shape index (κ3) is 3.42. The maximum Gasteiger partial charge on any atom is 0.262 e. The number of amides is 2. The molecule has 0 saturated carbocycles. The molecule has 0 bridgehead atoms. The van der Waals surface area contributed by atoms with Crippen molar-refractivity contribution in [3.63, 3.8) is 0 Å². The van der Waals surface area contributed by atoms with Gasteiger partial charge in [0.1, 0.15) is 5.00 Å². The summed E-state index contributed by atoms with van der Waals surface area (Å²) in [5.41, 5.74) is 2.88. The molecule has 1 atom stereocenters. The highest BCUT2D eigenvalue weighted by atomic mass is 32.1. The van der Waals surface area contributed by atoms with Crippen molar-refractivity contribution in [3.8, 4) is 0 Å². The van der Waals surface area contributed by atoms with Crippen LogP contribution in [0.4, 0.5) is 5.00 Å². The molecule has 4 rings (SSSR count). The number of benzene rings is 1. The number of aliphatic hydroxyl groups excluding tert-OH is 1. The van der Waals surface area contributed by atoms with Crippen LogP contribution in [-0.4, -0.2) is 28.5 Å². The summed E-state index contributed by atoms with van der Waals surface area (Å²) in [7, 11) is 0. The Labute approximate surface area is 159 Å². The third-order valence-electron chi connectivity index (χ3n) is 4.33. The van der Waals surface area contributed by atoms with Gasteiger partial charge in [-0.3, -0.25) is 9.59 Å². The molecule has 1 aliphatic rings. The number of nitrogens with one attached hydrogen (secondary N) is 3. The van der Waals surface area contributed by atoms with Crippen LogP contribution in [0.25, 0.3) is 11.6 Å². The molecule has 3 aromatic rings. The molecule has 1 aliphatic heterocycles. The summed E-state index contributed by atoms with van der Waals surface area (Å²) in [6.07, 6.45) is 3.54. The quantitative estimate of drug-likeness (QED) is 0.513. The SMILES string of the molecule is O=C1Nc2sc(C(=O)N[C@@H](CO)c3ccccc3)cc2/C1=C\c1ccc[nH]1. The molecule has 4 N–H and O–H groups in total. The van der Waals surface area contributed by atoms with Crippen molar-refractivity contribution in [1.82, 2.24) is 10.3 Å². The fourth-order valence-corrected chi connectivity index (χ4v) is 3.94. The average Bonchev–Trinajstić information content (AvgIpc) is 3.39. The number of rotatable bonds is 5. The number of aromatic amines is 1. The molecule has 6 nitrogen and oxygen atoms in total. The number of carbonyl (C=O) groups excluding carboxylic acids is 2. The Kier molecular flexibility index (Phi) is 4.62. The second kappa shape index (κ2) is 7.22. The summed E-state index contributed by atoms with van der Waals surface area (Å²) in [5.74, 6) is -0.471. The summed E-state index contributed by atoms with van der Waals surface area (Å²) in [6, 6.07) is 14.2. The van der Waals surface area contributed by atoms with Crippen LogP contribution < -0.4 is 10.6 Å². The van der Waals surface area contributed by atoms with Crippen LogP contribution in [-0.2, 0) is 4.79 Å². The van der Waals surface area contributed by atoms with Crippen LogP contribution in [0.5, 0.6) is 0 Å². The van der Waals surface area contributed by atoms with E-state index in [0.29, 0.717) is 21.0 Å². The van der Waals surface area contributed by atoms with Gasteiger partial charge < -0.3 is 20.7 Å². The summed E-state index contributed by atoms with van der Waals surface area (Å²) < 4.78 is 0. The van der Waals surface area contributed by atoms with Crippen molar-refractivity contribution in [2.75, 3.05) is 11.9 Å². The van der Waals surface area contributed by atoms with Gasteiger partial charge >= 0.3 is 0 Å². The first kappa shape index (κ1) is 17.3. The maximum absolute atomic E-state index is 12.6. The Balaban J connectivity index is 1.57. The summed E-state index contributed by atoms with van der Waals surface area (Å²) in [5, 5.41) is 15.9. The van der Waals surface area contributed by atoms with E-state index in [0.717, 1.165) is 11.3 Å². The van der Waals surface area contributed by atoms with Crippen LogP contribution >= 0.6 is 11.3 Å². The number of carbonyl (C=O) groups is 2. The van der Waals surface area contributed by atoms with Gasteiger partial charge in [-0.1, -0.05) is 30.3 Å². The average molecular weight is 379 g/mol. The number of thiophene rings is 1. The van der Waals surface area contributed by atoms with Crippen LogP contribution in [0.1, 0.15) is 32.5 Å². The molecule has 0 spiro atoms. The second-order valence-corrected chi connectivity index (χ2v) is 7.16. The van der Waals surface area contributed by atoms with E-state index in [9.17, 15) is 14.7 Å². The molecule has 7 heteroatoms. The highest BCUT2D eigenvalue weighted by Gasteiger charge is 2.29. The normalized spacial score (nSPS) is 15.4. The van der Waals surface area contributed by atoms with Crippen LogP contribution in [0.15, 0.2) is 54.7 Å². The molecule has 0 aliphatic carbocycles. The topological polar surface area (TPSA) is 94.2 Å². The zero-order chi connectivity index (χ0) is 18.8. The minimum Gasteiger partial charge on any atom is -0.394 e. The van der Waals surface area contributed by atoms with Gasteiger partial charge in [0.15, 0.2) is 0 Å². The van der Waals surface area contributed by atoms with E-state index < -0.39 is 6.04 Å². The fourth-order valence-electron chi connectivity index (χ4n) is 2.97. The first-order chi connectivity index (χ1) is 13.2. The van der Waals surface area contributed by atoms with E-state index in [2.05, 4.69) is 15.6 Å². The van der Waals surface area contributed by atoms with Crippen molar-refractivity contribution in [3.05, 3.63) is 76.4 Å². The van der Waals surface area contributed by atoms with Gasteiger partial charge in [0.2, 0.25) is 0 Å². The third-order valence-corrected chi connectivity index (χ3v) is 5.38. The number of hydrogen-bond acceptors (Lipinski definition) is 4. The van der Waals surface area contributed by atoms with Gasteiger partial charge in [-0.05, 0) is 29.8 Å². The largest absolute Gasteiger partial charge is 0.394 e. The Morgan fingerprint density at radius 2 is 2.04 bits per heavy atom. The molecule has 0 unspecified atom stereocenters. The molecule has 0 saturated heterocycles. The number of aliphatic hydroxyl groups is 1. The van der Waals surface area contributed by atoms with Gasteiger partial charge in [-0.2, -0.15) is 0 Å². The number of aromatic nitrogens is 1. The summed E-state index contributed by atoms with van der Waals surface area (Å²) in [4.78, 5) is 28.4. The lowest BCUT2D eigenvalue weighted by atomic mass is 10.1. The van der Waals surface area contributed by atoms with Gasteiger partial charge in [-0.25, -0.2) is 0 Å².